The molecule has 0 unspecified atom stereocenters. The molecule has 18 heavy (non-hydrogen) atoms. The predicted octanol–water partition coefficient (Wildman–Crippen LogP) is 2.75. The van der Waals surface area contributed by atoms with Gasteiger partial charge in [-0.05, 0) is 17.7 Å². The molecular weight excluding hydrogens is 255 g/mol. The quantitative estimate of drug-likeness (QED) is 0.924. The number of rotatable bonds is 3. The molecule has 90 valence electrons. The molecule has 0 saturated carbocycles. The fraction of sp³-hybridized carbons (Fsp3) is 0.0833. The monoisotopic (exact) mass is 262 g/mol. The number of hydrogen-bond acceptors (Lipinski definition) is 4. The van der Waals surface area contributed by atoms with E-state index >= 15 is 0 Å². The lowest BCUT2D eigenvalue weighted by Crippen LogP contribution is -2.04. The SMILES string of the molecule is N#Cc1nccnc1NCc1ccc(F)c(Cl)c1. The van der Waals surface area contributed by atoms with E-state index in [2.05, 4.69) is 15.3 Å². The third-order valence-electron chi connectivity index (χ3n) is 2.25. The molecule has 1 heterocycles. The predicted molar refractivity (Wildman–Crippen MR) is 65.5 cm³/mol. The standard InChI is InChI=1S/C12H8ClFN4/c13-9-5-8(1-2-10(9)14)7-18-12-11(6-15)16-3-4-17-12/h1-5H,7H2,(H,17,18). The van der Waals surface area contributed by atoms with Crippen LogP contribution in [0.2, 0.25) is 5.02 Å². The van der Waals surface area contributed by atoms with Crippen molar-refractivity contribution < 1.29 is 4.39 Å². The highest BCUT2D eigenvalue weighted by molar-refractivity contribution is 6.30. The van der Waals surface area contributed by atoms with Crippen LogP contribution in [0.25, 0.3) is 0 Å². The molecule has 1 aromatic heterocycles. The van der Waals surface area contributed by atoms with Crippen LogP contribution in [0.3, 0.4) is 0 Å². The van der Waals surface area contributed by atoms with E-state index in [0.29, 0.717) is 12.4 Å². The minimum atomic E-state index is -0.461. The Labute approximate surface area is 108 Å². The van der Waals surface area contributed by atoms with E-state index in [1.807, 2.05) is 6.07 Å². The van der Waals surface area contributed by atoms with E-state index in [1.165, 1.54) is 24.5 Å². The molecule has 0 amide bonds. The first-order valence-electron chi connectivity index (χ1n) is 5.09. The number of halogens is 2. The third-order valence-corrected chi connectivity index (χ3v) is 2.54. The molecule has 0 fully saturated rings. The molecule has 0 bridgehead atoms. The molecule has 6 heteroatoms. The van der Waals surface area contributed by atoms with Gasteiger partial charge in [0, 0.05) is 18.9 Å². The molecular formula is C12H8ClFN4. The highest BCUT2D eigenvalue weighted by Gasteiger charge is 2.05. The van der Waals surface area contributed by atoms with Crippen molar-refractivity contribution in [2.75, 3.05) is 5.32 Å². The van der Waals surface area contributed by atoms with Gasteiger partial charge in [-0.2, -0.15) is 5.26 Å². The van der Waals surface area contributed by atoms with Crippen LogP contribution in [0.15, 0.2) is 30.6 Å². The fourth-order valence-electron chi connectivity index (χ4n) is 1.38. The van der Waals surface area contributed by atoms with Crippen LogP contribution >= 0.6 is 11.6 Å². The Hall–Kier alpha value is -2.19. The molecule has 0 atom stereocenters. The summed E-state index contributed by atoms with van der Waals surface area (Å²) in [5, 5.41) is 11.8. The second-order valence-corrected chi connectivity index (χ2v) is 3.87. The van der Waals surface area contributed by atoms with Crippen LogP contribution in [-0.2, 0) is 6.54 Å². The molecule has 0 aliphatic carbocycles. The molecule has 2 aromatic rings. The van der Waals surface area contributed by atoms with Crippen molar-refractivity contribution in [2.24, 2.45) is 0 Å². The summed E-state index contributed by atoms with van der Waals surface area (Å²) in [6, 6.07) is 6.35. The Balaban J connectivity index is 2.12. The van der Waals surface area contributed by atoms with Crippen molar-refractivity contribution in [2.45, 2.75) is 6.54 Å². The highest BCUT2D eigenvalue weighted by Crippen LogP contribution is 2.17. The second-order valence-electron chi connectivity index (χ2n) is 3.47. The van der Waals surface area contributed by atoms with Gasteiger partial charge in [-0.1, -0.05) is 17.7 Å². The summed E-state index contributed by atoms with van der Waals surface area (Å²) >= 11 is 5.67. The number of benzene rings is 1. The molecule has 0 radical (unpaired) electrons. The van der Waals surface area contributed by atoms with E-state index in [4.69, 9.17) is 16.9 Å². The number of hydrogen-bond donors (Lipinski definition) is 1. The summed E-state index contributed by atoms with van der Waals surface area (Å²) in [6.07, 6.45) is 2.93. The largest absolute Gasteiger partial charge is 0.364 e. The first-order valence-corrected chi connectivity index (χ1v) is 5.47. The lowest BCUT2D eigenvalue weighted by atomic mass is 10.2. The number of anilines is 1. The van der Waals surface area contributed by atoms with Crippen LogP contribution < -0.4 is 5.32 Å². The topological polar surface area (TPSA) is 61.6 Å². The minimum absolute atomic E-state index is 0.0638. The Morgan fingerprint density at radius 2 is 2.11 bits per heavy atom. The van der Waals surface area contributed by atoms with Gasteiger partial charge in [0.1, 0.15) is 11.9 Å². The van der Waals surface area contributed by atoms with E-state index in [1.54, 1.807) is 6.07 Å². The third kappa shape index (κ3) is 2.73. The van der Waals surface area contributed by atoms with Gasteiger partial charge >= 0.3 is 0 Å². The van der Waals surface area contributed by atoms with Crippen LogP contribution in [0.5, 0.6) is 0 Å². The van der Waals surface area contributed by atoms with E-state index in [-0.39, 0.29) is 10.7 Å². The van der Waals surface area contributed by atoms with E-state index in [9.17, 15) is 4.39 Å². The maximum atomic E-state index is 13.0. The fourth-order valence-corrected chi connectivity index (χ4v) is 1.59. The average molecular weight is 263 g/mol. The molecule has 2 rings (SSSR count). The molecule has 1 N–H and O–H groups in total. The van der Waals surface area contributed by atoms with Gasteiger partial charge in [-0.15, -0.1) is 0 Å². The summed E-state index contributed by atoms with van der Waals surface area (Å²) in [4.78, 5) is 7.87. The number of aromatic nitrogens is 2. The van der Waals surface area contributed by atoms with Crippen molar-refractivity contribution in [3.05, 3.63) is 52.7 Å². The maximum Gasteiger partial charge on any atom is 0.182 e. The molecule has 0 spiro atoms. The van der Waals surface area contributed by atoms with Gasteiger partial charge in [-0.3, -0.25) is 0 Å². The Kier molecular flexibility index (Phi) is 3.70. The van der Waals surface area contributed by atoms with Crippen LogP contribution in [-0.4, -0.2) is 9.97 Å². The Morgan fingerprint density at radius 3 is 2.83 bits per heavy atom. The van der Waals surface area contributed by atoms with Gasteiger partial charge in [0.15, 0.2) is 11.5 Å². The minimum Gasteiger partial charge on any atom is -0.364 e. The zero-order chi connectivity index (χ0) is 13.0. The first kappa shape index (κ1) is 12.3. The zero-order valence-corrected chi connectivity index (χ0v) is 9.95. The van der Waals surface area contributed by atoms with Crippen molar-refractivity contribution in [1.82, 2.24) is 9.97 Å². The Bertz CT molecular complexity index is 609. The van der Waals surface area contributed by atoms with Gasteiger partial charge < -0.3 is 5.32 Å². The van der Waals surface area contributed by atoms with E-state index in [0.717, 1.165) is 5.56 Å². The van der Waals surface area contributed by atoms with Crippen LogP contribution in [0.1, 0.15) is 11.3 Å². The van der Waals surface area contributed by atoms with Gasteiger partial charge in [0.25, 0.3) is 0 Å². The molecule has 4 nitrogen and oxygen atoms in total. The summed E-state index contributed by atoms with van der Waals surface area (Å²) in [7, 11) is 0. The summed E-state index contributed by atoms with van der Waals surface area (Å²) in [6.45, 7) is 0.382. The highest BCUT2D eigenvalue weighted by atomic mass is 35.5. The number of nitriles is 1. The molecule has 1 aromatic carbocycles. The van der Waals surface area contributed by atoms with Gasteiger partial charge in [0.2, 0.25) is 0 Å². The first-order chi connectivity index (χ1) is 8.70. The smallest absolute Gasteiger partial charge is 0.182 e. The van der Waals surface area contributed by atoms with Crippen molar-refractivity contribution >= 4 is 17.4 Å². The second kappa shape index (κ2) is 5.43. The summed E-state index contributed by atoms with van der Waals surface area (Å²) in [5.41, 5.74) is 1.00. The van der Waals surface area contributed by atoms with Crippen LogP contribution in [0.4, 0.5) is 10.2 Å². The Morgan fingerprint density at radius 1 is 1.33 bits per heavy atom. The average Bonchev–Trinajstić information content (AvgIpc) is 2.40. The molecule has 0 aliphatic heterocycles. The number of nitrogens with zero attached hydrogens (tertiary/aromatic N) is 3. The lowest BCUT2D eigenvalue weighted by molar-refractivity contribution is 0.627. The molecule has 0 saturated heterocycles. The van der Waals surface area contributed by atoms with Gasteiger partial charge in [0.05, 0.1) is 5.02 Å². The molecule has 0 aliphatic rings. The zero-order valence-electron chi connectivity index (χ0n) is 9.19. The summed E-state index contributed by atoms with van der Waals surface area (Å²) in [5.74, 6) is -0.0712. The van der Waals surface area contributed by atoms with Gasteiger partial charge in [-0.25, -0.2) is 14.4 Å². The van der Waals surface area contributed by atoms with Crippen molar-refractivity contribution in [3.8, 4) is 6.07 Å². The van der Waals surface area contributed by atoms with E-state index < -0.39 is 5.82 Å². The van der Waals surface area contributed by atoms with Crippen molar-refractivity contribution in [1.29, 1.82) is 5.26 Å². The van der Waals surface area contributed by atoms with Crippen molar-refractivity contribution in [3.63, 3.8) is 0 Å². The number of nitrogens with one attached hydrogen (secondary N) is 1. The maximum absolute atomic E-state index is 13.0. The normalized spacial score (nSPS) is 9.83. The lowest BCUT2D eigenvalue weighted by Gasteiger charge is -2.06. The van der Waals surface area contributed by atoms with Crippen LogP contribution in [0, 0.1) is 17.1 Å². The summed E-state index contributed by atoms with van der Waals surface area (Å²) < 4.78 is 13.0.